The molecule has 0 spiro atoms. The first-order valence-corrected chi connectivity index (χ1v) is 9.11. The molecule has 0 bridgehead atoms. The number of aromatic amines is 1. The smallest absolute Gasteiger partial charge is 0.145 e. The molecule has 3 heterocycles. The van der Waals surface area contributed by atoms with Crippen LogP contribution in [0.25, 0.3) is 22.2 Å². The van der Waals surface area contributed by atoms with Crippen molar-refractivity contribution in [3.8, 4) is 11.3 Å². The van der Waals surface area contributed by atoms with E-state index in [0.717, 1.165) is 47.1 Å². The molecule has 1 fully saturated rings. The zero-order chi connectivity index (χ0) is 18.3. The van der Waals surface area contributed by atoms with E-state index in [1.807, 2.05) is 30.3 Å². The Balaban J connectivity index is 1.42. The molecule has 6 heteroatoms. The summed E-state index contributed by atoms with van der Waals surface area (Å²) in [6, 6.07) is 13.1. The molecule has 1 N–H and O–H groups in total. The third-order valence-corrected chi connectivity index (χ3v) is 5.55. The summed E-state index contributed by atoms with van der Waals surface area (Å²) in [6.45, 7) is 0. The van der Waals surface area contributed by atoms with Crippen LogP contribution in [0.1, 0.15) is 30.7 Å². The van der Waals surface area contributed by atoms with Gasteiger partial charge in [0.05, 0.1) is 28.8 Å². The lowest BCUT2D eigenvalue weighted by atomic mass is 9.63. The number of halogens is 1. The van der Waals surface area contributed by atoms with Gasteiger partial charge in [-0.2, -0.15) is 15.3 Å². The van der Waals surface area contributed by atoms with Crippen LogP contribution in [0.4, 0.5) is 4.39 Å². The zero-order valence-electron chi connectivity index (χ0n) is 14.7. The number of fused-ring (bicyclic) bond motifs is 1. The highest BCUT2D eigenvalue weighted by Gasteiger charge is 2.42. The summed E-state index contributed by atoms with van der Waals surface area (Å²) in [5.41, 5.74) is 3.94. The molecule has 0 radical (unpaired) electrons. The number of H-pyrrole nitrogens is 1. The lowest BCUT2D eigenvalue weighted by molar-refractivity contribution is 0.223. The zero-order valence-corrected chi connectivity index (χ0v) is 14.7. The van der Waals surface area contributed by atoms with Crippen LogP contribution in [-0.4, -0.2) is 25.4 Å². The molecule has 1 saturated carbocycles. The summed E-state index contributed by atoms with van der Waals surface area (Å²) in [6.07, 6.45) is 7.07. The van der Waals surface area contributed by atoms with Crippen LogP contribution >= 0.6 is 0 Å². The number of benzene rings is 1. The third kappa shape index (κ3) is 2.77. The Labute approximate surface area is 155 Å². The standard InChI is InChI=1S/C21H18FN5/c22-17-3-1-10-23-20(17)21(8-2-9-21)12-16-6-7-18(27-25-16)14-4-5-15-13-24-26-19(15)11-14/h1,3-7,10-11,13H,2,8-9,12H2,(H,24,26). The molecule has 0 saturated heterocycles. The van der Waals surface area contributed by atoms with Gasteiger partial charge in [0.15, 0.2) is 0 Å². The minimum atomic E-state index is -0.254. The summed E-state index contributed by atoms with van der Waals surface area (Å²) >= 11 is 0. The van der Waals surface area contributed by atoms with Gasteiger partial charge in [-0.25, -0.2) is 4.39 Å². The maximum absolute atomic E-state index is 14.3. The predicted octanol–water partition coefficient (Wildman–Crippen LogP) is 4.22. The number of nitrogens with one attached hydrogen (secondary N) is 1. The molecule has 1 aliphatic carbocycles. The molecular weight excluding hydrogens is 341 g/mol. The van der Waals surface area contributed by atoms with E-state index >= 15 is 0 Å². The van der Waals surface area contributed by atoms with Crippen molar-refractivity contribution in [3.05, 3.63) is 72.1 Å². The molecule has 0 unspecified atom stereocenters. The van der Waals surface area contributed by atoms with E-state index in [0.29, 0.717) is 12.1 Å². The Morgan fingerprint density at radius 2 is 2.00 bits per heavy atom. The number of nitrogens with zero attached hydrogens (tertiary/aromatic N) is 4. The highest BCUT2D eigenvalue weighted by molar-refractivity contribution is 5.82. The van der Waals surface area contributed by atoms with Crippen molar-refractivity contribution in [3.63, 3.8) is 0 Å². The van der Waals surface area contributed by atoms with E-state index in [9.17, 15) is 4.39 Å². The molecule has 4 aromatic rings. The first-order chi connectivity index (χ1) is 13.2. The van der Waals surface area contributed by atoms with Gasteiger partial charge in [-0.15, -0.1) is 0 Å². The van der Waals surface area contributed by atoms with Gasteiger partial charge in [0.2, 0.25) is 0 Å². The summed E-state index contributed by atoms with van der Waals surface area (Å²) in [5, 5.41) is 16.9. The minimum Gasteiger partial charge on any atom is -0.278 e. The first-order valence-electron chi connectivity index (χ1n) is 9.11. The van der Waals surface area contributed by atoms with E-state index in [-0.39, 0.29) is 11.2 Å². The summed E-state index contributed by atoms with van der Waals surface area (Å²) in [4.78, 5) is 4.33. The normalized spacial score (nSPS) is 15.6. The molecule has 1 aromatic carbocycles. The fourth-order valence-corrected chi connectivity index (χ4v) is 3.93. The molecule has 0 amide bonds. The molecule has 3 aromatic heterocycles. The van der Waals surface area contributed by atoms with Crippen molar-refractivity contribution >= 4 is 10.9 Å². The predicted molar refractivity (Wildman–Crippen MR) is 101 cm³/mol. The van der Waals surface area contributed by atoms with Crippen molar-refractivity contribution in [1.82, 2.24) is 25.4 Å². The van der Waals surface area contributed by atoms with Gasteiger partial charge in [0, 0.05) is 29.0 Å². The second-order valence-electron chi connectivity index (χ2n) is 7.23. The van der Waals surface area contributed by atoms with Gasteiger partial charge in [0.1, 0.15) is 5.82 Å². The highest BCUT2D eigenvalue weighted by atomic mass is 19.1. The number of hydrogen-bond donors (Lipinski definition) is 1. The molecule has 5 rings (SSSR count). The topological polar surface area (TPSA) is 67.3 Å². The molecule has 1 aliphatic rings. The van der Waals surface area contributed by atoms with Gasteiger partial charge in [0.25, 0.3) is 0 Å². The fraction of sp³-hybridized carbons (Fsp3) is 0.238. The molecule has 0 aliphatic heterocycles. The lowest BCUT2D eigenvalue weighted by Crippen LogP contribution is -2.38. The first kappa shape index (κ1) is 16.1. The molecule has 0 atom stereocenters. The molecular formula is C21H18FN5. The van der Waals surface area contributed by atoms with Gasteiger partial charge >= 0.3 is 0 Å². The van der Waals surface area contributed by atoms with Gasteiger partial charge in [-0.3, -0.25) is 10.1 Å². The second-order valence-corrected chi connectivity index (χ2v) is 7.23. The number of hydrogen-bond acceptors (Lipinski definition) is 4. The average Bonchev–Trinajstić information content (AvgIpc) is 3.14. The largest absolute Gasteiger partial charge is 0.278 e. The summed E-state index contributed by atoms with van der Waals surface area (Å²) in [7, 11) is 0. The molecule has 5 nitrogen and oxygen atoms in total. The van der Waals surface area contributed by atoms with Gasteiger partial charge in [-0.1, -0.05) is 18.6 Å². The summed E-state index contributed by atoms with van der Waals surface area (Å²) in [5.74, 6) is -0.227. The van der Waals surface area contributed by atoms with Crippen molar-refractivity contribution in [2.45, 2.75) is 31.1 Å². The van der Waals surface area contributed by atoms with E-state index in [1.54, 1.807) is 18.5 Å². The number of rotatable bonds is 4. The van der Waals surface area contributed by atoms with Crippen molar-refractivity contribution in [2.24, 2.45) is 0 Å². The Morgan fingerprint density at radius 1 is 1.07 bits per heavy atom. The van der Waals surface area contributed by atoms with Gasteiger partial charge in [-0.05, 0) is 43.2 Å². The number of pyridine rings is 1. The van der Waals surface area contributed by atoms with Crippen LogP contribution in [0, 0.1) is 5.82 Å². The number of aromatic nitrogens is 5. The fourth-order valence-electron chi connectivity index (χ4n) is 3.93. The van der Waals surface area contributed by atoms with Crippen molar-refractivity contribution in [1.29, 1.82) is 0 Å². The SMILES string of the molecule is Fc1cccnc1C1(Cc2ccc(-c3ccc4cn[nH]c4c3)nn2)CCC1. The van der Waals surface area contributed by atoms with Crippen LogP contribution < -0.4 is 0 Å². The van der Waals surface area contributed by atoms with Crippen LogP contribution in [0.5, 0.6) is 0 Å². The van der Waals surface area contributed by atoms with E-state index < -0.39 is 0 Å². The quantitative estimate of drug-likeness (QED) is 0.592. The van der Waals surface area contributed by atoms with E-state index in [4.69, 9.17) is 0 Å². The average molecular weight is 359 g/mol. The van der Waals surface area contributed by atoms with E-state index in [2.05, 4.69) is 25.4 Å². The Kier molecular flexibility index (Phi) is 3.70. The third-order valence-electron chi connectivity index (χ3n) is 5.55. The maximum atomic E-state index is 14.3. The Bertz CT molecular complexity index is 1100. The molecule has 134 valence electrons. The lowest BCUT2D eigenvalue weighted by Gasteiger charge is -2.41. The molecule has 27 heavy (non-hydrogen) atoms. The van der Waals surface area contributed by atoms with Crippen molar-refractivity contribution in [2.75, 3.05) is 0 Å². The van der Waals surface area contributed by atoms with Crippen LogP contribution in [0.2, 0.25) is 0 Å². The van der Waals surface area contributed by atoms with Crippen LogP contribution in [0.3, 0.4) is 0 Å². The maximum Gasteiger partial charge on any atom is 0.145 e. The Morgan fingerprint density at radius 3 is 2.74 bits per heavy atom. The second kappa shape index (κ2) is 6.23. The highest BCUT2D eigenvalue weighted by Crippen LogP contribution is 2.46. The monoisotopic (exact) mass is 359 g/mol. The van der Waals surface area contributed by atoms with Gasteiger partial charge < -0.3 is 0 Å². The summed E-state index contributed by atoms with van der Waals surface area (Å²) < 4.78 is 14.3. The van der Waals surface area contributed by atoms with Crippen LogP contribution in [-0.2, 0) is 11.8 Å². The van der Waals surface area contributed by atoms with Crippen molar-refractivity contribution < 1.29 is 4.39 Å². The van der Waals surface area contributed by atoms with E-state index in [1.165, 1.54) is 6.07 Å². The van der Waals surface area contributed by atoms with Crippen LogP contribution in [0.15, 0.2) is 54.9 Å². The Hall–Kier alpha value is -3.15. The minimum absolute atomic E-state index is 0.227.